The van der Waals surface area contributed by atoms with E-state index in [4.69, 9.17) is 4.99 Å². The van der Waals surface area contributed by atoms with Crippen LogP contribution in [0.5, 0.6) is 0 Å². The molecule has 250 valence electrons. The van der Waals surface area contributed by atoms with Crippen LogP contribution in [-0.4, -0.2) is 51.9 Å². The number of aromatic nitrogens is 2. The number of benzene rings is 1. The molecule has 0 radical (unpaired) electrons. The molecule has 4 aliphatic rings. The minimum atomic E-state index is -4.57. The standard InChI is InChI=1S/C34H39F6IN4O/c1-32(2)15-24-27(25(46)16-32)26(19-7-11-33(36,37)12-8-19)28(29(35)20-3-5-22(6-4-20)34(38,39)40)30(44-24)21-9-13-45(14-10-21)31-42-17-23(41)18-43-31/h3-6,17-19,21,24-25,27,29,46H,7-16H2,1-2H3/t24?,25-,27?,29+/m1/s1. The molecule has 3 fully saturated rings. The monoisotopic (exact) mass is 760 g/mol. The van der Waals surface area contributed by atoms with Gasteiger partial charge in [-0.2, -0.15) is 13.2 Å². The fourth-order valence-electron chi connectivity index (χ4n) is 8.12. The number of aliphatic hydroxyl groups is 1. The van der Waals surface area contributed by atoms with Crippen LogP contribution in [0, 0.1) is 26.7 Å². The third-order valence-corrected chi connectivity index (χ3v) is 10.9. The first-order chi connectivity index (χ1) is 21.6. The van der Waals surface area contributed by atoms with Gasteiger partial charge in [-0.15, -0.1) is 0 Å². The lowest BCUT2D eigenvalue weighted by Gasteiger charge is -2.49. The van der Waals surface area contributed by atoms with Gasteiger partial charge in [-0.3, -0.25) is 4.99 Å². The number of piperidine rings is 1. The van der Waals surface area contributed by atoms with Crippen LogP contribution in [-0.2, 0) is 6.18 Å². The Morgan fingerprint density at radius 2 is 1.54 bits per heavy atom. The number of aliphatic imine (C=N–C) groups is 1. The molecule has 12 heteroatoms. The van der Waals surface area contributed by atoms with Gasteiger partial charge in [0.05, 0.1) is 17.7 Å². The molecular formula is C34H39F6IN4O. The Morgan fingerprint density at radius 1 is 0.935 bits per heavy atom. The topological polar surface area (TPSA) is 61.6 Å². The lowest BCUT2D eigenvalue weighted by atomic mass is 9.60. The summed E-state index contributed by atoms with van der Waals surface area (Å²) >= 11 is 2.14. The summed E-state index contributed by atoms with van der Waals surface area (Å²) in [5.41, 5.74) is 0.478. The SMILES string of the molecule is CC1(C)CC2N=C(C3CCN(c4ncc(I)cn4)CC3)C([C@@H](F)c3ccc(C(F)(F)F)cc3)=C(C3CCC(F)(F)CC3)C2[C@H](O)C1. The van der Waals surface area contributed by atoms with E-state index in [9.17, 15) is 27.1 Å². The Kier molecular flexibility index (Phi) is 9.27. The van der Waals surface area contributed by atoms with Gasteiger partial charge in [0.25, 0.3) is 0 Å². The van der Waals surface area contributed by atoms with Gasteiger partial charge < -0.3 is 10.0 Å². The van der Waals surface area contributed by atoms with Gasteiger partial charge >= 0.3 is 6.18 Å². The summed E-state index contributed by atoms with van der Waals surface area (Å²) in [7, 11) is 0. The Labute approximate surface area is 279 Å². The number of rotatable bonds is 5. The zero-order chi connectivity index (χ0) is 33.0. The summed E-state index contributed by atoms with van der Waals surface area (Å²) in [6, 6.07) is 3.74. The summed E-state index contributed by atoms with van der Waals surface area (Å²) < 4.78 is 87.0. The van der Waals surface area contributed by atoms with Gasteiger partial charge in [-0.05, 0) is 90.1 Å². The van der Waals surface area contributed by atoms with E-state index in [1.807, 2.05) is 0 Å². The van der Waals surface area contributed by atoms with Crippen LogP contribution in [0.2, 0.25) is 0 Å². The fraction of sp³-hybridized carbons (Fsp3) is 0.618. The van der Waals surface area contributed by atoms with Crippen molar-refractivity contribution in [2.24, 2.45) is 28.2 Å². The lowest BCUT2D eigenvalue weighted by Crippen LogP contribution is -2.49. The molecule has 3 heterocycles. The smallest absolute Gasteiger partial charge is 0.392 e. The Hall–Kier alpha value is -2.22. The highest BCUT2D eigenvalue weighted by atomic mass is 127. The molecule has 2 unspecified atom stereocenters. The third kappa shape index (κ3) is 6.98. The average molecular weight is 761 g/mol. The van der Waals surface area contributed by atoms with Crippen molar-refractivity contribution in [2.75, 3.05) is 18.0 Å². The van der Waals surface area contributed by atoms with Gasteiger partial charge in [0, 0.05) is 65.0 Å². The maximum absolute atomic E-state index is 17.1. The predicted molar refractivity (Wildman–Crippen MR) is 173 cm³/mol. The second-order valence-corrected chi connectivity index (χ2v) is 15.4. The van der Waals surface area contributed by atoms with E-state index < -0.39 is 35.9 Å². The molecular weight excluding hydrogens is 721 g/mol. The van der Waals surface area contributed by atoms with Gasteiger partial charge in [-0.25, -0.2) is 23.1 Å². The number of anilines is 1. The molecule has 2 saturated carbocycles. The normalized spacial score (nSPS) is 28.1. The summed E-state index contributed by atoms with van der Waals surface area (Å²) in [5.74, 6) is -3.27. The highest BCUT2D eigenvalue weighted by Gasteiger charge is 2.51. The fourth-order valence-corrected chi connectivity index (χ4v) is 8.39. The Balaban J connectivity index is 1.42. The molecule has 2 aromatic rings. The largest absolute Gasteiger partial charge is 0.416 e. The number of allylic oxidation sites excluding steroid dienone is 1. The number of aliphatic hydroxyl groups excluding tert-OH is 1. The third-order valence-electron chi connectivity index (χ3n) is 10.3. The van der Waals surface area contributed by atoms with E-state index in [1.165, 1.54) is 0 Å². The molecule has 5 nitrogen and oxygen atoms in total. The first-order valence-corrected chi connectivity index (χ1v) is 17.1. The minimum Gasteiger partial charge on any atom is -0.392 e. The van der Waals surface area contributed by atoms with E-state index in [1.54, 1.807) is 12.4 Å². The zero-order valence-corrected chi connectivity index (χ0v) is 28.0. The summed E-state index contributed by atoms with van der Waals surface area (Å²) in [6.45, 7) is 5.34. The number of halogens is 7. The van der Waals surface area contributed by atoms with Crippen LogP contribution in [0.15, 0.2) is 52.8 Å². The van der Waals surface area contributed by atoms with Crippen LogP contribution in [0.25, 0.3) is 0 Å². The molecule has 0 spiro atoms. The van der Waals surface area contributed by atoms with E-state index in [-0.39, 0.29) is 54.5 Å². The van der Waals surface area contributed by atoms with Gasteiger partial charge in [0.15, 0.2) is 6.17 Å². The van der Waals surface area contributed by atoms with Crippen LogP contribution < -0.4 is 4.90 Å². The molecule has 2 aliphatic heterocycles. The van der Waals surface area contributed by atoms with Crippen LogP contribution >= 0.6 is 22.6 Å². The number of fused-ring (bicyclic) bond motifs is 1. The molecule has 2 aliphatic carbocycles. The molecule has 1 N–H and O–H groups in total. The second-order valence-electron chi connectivity index (χ2n) is 14.2. The van der Waals surface area contributed by atoms with Crippen molar-refractivity contribution in [3.05, 3.63) is 62.5 Å². The Morgan fingerprint density at radius 3 is 2.13 bits per heavy atom. The highest BCUT2D eigenvalue weighted by molar-refractivity contribution is 14.1. The van der Waals surface area contributed by atoms with E-state index in [2.05, 4.69) is 51.3 Å². The van der Waals surface area contributed by atoms with E-state index in [0.717, 1.165) is 27.8 Å². The molecule has 0 bridgehead atoms. The highest BCUT2D eigenvalue weighted by Crippen LogP contribution is 2.53. The van der Waals surface area contributed by atoms with Crippen LogP contribution in [0.4, 0.5) is 32.3 Å². The average Bonchev–Trinajstić information content (AvgIpc) is 2.99. The van der Waals surface area contributed by atoms with Crippen molar-refractivity contribution in [3.8, 4) is 0 Å². The number of nitrogens with zero attached hydrogens (tertiary/aromatic N) is 4. The number of hydrogen-bond acceptors (Lipinski definition) is 5. The zero-order valence-electron chi connectivity index (χ0n) is 25.9. The van der Waals surface area contributed by atoms with Gasteiger partial charge in [0.1, 0.15) is 0 Å². The minimum absolute atomic E-state index is 0.0585. The van der Waals surface area contributed by atoms with Crippen molar-refractivity contribution >= 4 is 34.3 Å². The van der Waals surface area contributed by atoms with Crippen LogP contribution in [0.3, 0.4) is 0 Å². The first kappa shape index (κ1) is 33.7. The molecule has 1 aromatic heterocycles. The maximum atomic E-state index is 17.1. The number of dihydropyridines is 1. The van der Waals surface area contributed by atoms with E-state index >= 15 is 4.39 Å². The molecule has 1 saturated heterocycles. The summed E-state index contributed by atoms with van der Waals surface area (Å²) in [4.78, 5) is 16.2. The quantitative estimate of drug-likeness (QED) is 0.245. The van der Waals surface area contributed by atoms with Crippen molar-refractivity contribution in [1.82, 2.24) is 9.97 Å². The lowest BCUT2D eigenvalue weighted by molar-refractivity contribution is -0.137. The molecule has 6 rings (SSSR count). The van der Waals surface area contributed by atoms with E-state index in [0.29, 0.717) is 61.6 Å². The molecule has 4 atom stereocenters. The van der Waals surface area contributed by atoms with Crippen molar-refractivity contribution in [3.63, 3.8) is 0 Å². The predicted octanol–water partition coefficient (Wildman–Crippen LogP) is 8.77. The van der Waals surface area contributed by atoms with Gasteiger partial charge in [0.2, 0.25) is 11.9 Å². The molecule has 1 aromatic carbocycles. The van der Waals surface area contributed by atoms with Crippen molar-refractivity contribution < 1.29 is 31.4 Å². The van der Waals surface area contributed by atoms with Crippen molar-refractivity contribution in [1.29, 1.82) is 0 Å². The number of alkyl halides is 6. The summed E-state index contributed by atoms with van der Waals surface area (Å²) in [6.07, 6.45) is -1.73. The number of hydrogen-bond donors (Lipinski definition) is 1. The summed E-state index contributed by atoms with van der Waals surface area (Å²) in [5, 5.41) is 11.6. The van der Waals surface area contributed by atoms with Crippen LogP contribution in [0.1, 0.15) is 82.5 Å². The Bertz CT molecular complexity index is 1460. The van der Waals surface area contributed by atoms with Crippen molar-refractivity contribution in [2.45, 2.75) is 95.6 Å². The molecule has 46 heavy (non-hydrogen) atoms. The first-order valence-electron chi connectivity index (χ1n) is 16.0. The second kappa shape index (κ2) is 12.7. The molecule has 0 amide bonds. The maximum Gasteiger partial charge on any atom is 0.416 e. The van der Waals surface area contributed by atoms with Gasteiger partial charge in [-0.1, -0.05) is 31.6 Å².